The van der Waals surface area contributed by atoms with Crippen LogP contribution in [0.5, 0.6) is 5.75 Å². The van der Waals surface area contributed by atoms with Crippen LogP contribution in [0.3, 0.4) is 0 Å². The van der Waals surface area contributed by atoms with Crippen molar-refractivity contribution < 1.29 is 22.7 Å². The fourth-order valence-electron chi connectivity index (χ4n) is 2.04. The number of hydrogen-bond acceptors (Lipinski definition) is 6. The predicted molar refractivity (Wildman–Crippen MR) is 88.8 cm³/mol. The number of benzene rings is 1. The molecule has 3 aromatic rings. The third kappa shape index (κ3) is 4.42. The summed E-state index contributed by atoms with van der Waals surface area (Å²) in [5.41, 5.74) is 1.48. The summed E-state index contributed by atoms with van der Waals surface area (Å²) < 4.78 is 40.2. The number of H-pyrrole nitrogens is 1. The summed E-state index contributed by atoms with van der Waals surface area (Å²) in [5, 5.41) is 2.69. The molecule has 0 bridgehead atoms. The number of amides is 1. The monoisotopic (exact) mass is 383 g/mol. The number of imidazole rings is 1. The minimum Gasteiger partial charge on any atom is -0.406 e. The molecular formula is C15H12F3N5O2S. The van der Waals surface area contributed by atoms with Gasteiger partial charge in [0.15, 0.2) is 5.65 Å². The number of aromatic amines is 1. The van der Waals surface area contributed by atoms with Gasteiger partial charge >= 0.3 is 6.36 Å². The first-order valence-corrected chi connectivity index (χ1v) is 8.17. The summed E-state index contributed by atoms with van der Waals surface area (Å²) in [6, 6.07) is 4.90. The molecule has 0 aliphatic heterocycles. The van der Waals surface area contributed by atoms with E-state index in [2.05, 4.69) is 30.0 Å². The number of nitrogens with one attached hydrogen (secondary N) is 2. The molecule has 136 valence electrons. The van der Waals surface area contributed by atoms with Crippen LogP contribution in [0.4, 0.5) is 18.9 Å². The number of carbonyl (C=O) groups is 1. The van der Waals surface area contributed by atoms with Crippen LogP contribution in [0.2, 0.25) is 0 Å². The first kappa shape index (κ1) is 18.0. The van der Waals surface area contributed by atoms with Crippen LogP contribution in [-0.2, 0) is 4.79 Å². The first-order valence-electron chi connectivity index (χ1n) is 7.29. The zero-order valence-electron chi connectivity index (χ0n) is 13.2. The average Bonchev–Trinajstić information content (AvgIpc) is 3.05. The number of thioether (sulfide) groups is 1. The highest BCUT2D eigenvalue weighted by atomic mass is 32.2. The van der Waals surface area contributed by atoms with Gasteiger partial charge in [-0.2, -0.15) is 0 Å². The van der Waals surface area contributed by atoms with E-state index < -0.39 is 11.6 Å². The van der Waals surface area contributed by atoms with Crippen molar-refractivity contribution in [3.63, 3.8) is 0 Å². The van der Waals surface area contributed by atoms with Crippen LogP contribution in [-0.4, -0.2) is 37.5 Å². The molecule has 0 saturated heterocycles. The highest BCUT2D eigenvalue weighted by Gasteiger charge is 2.31. The smallest absolute Gasteiger partial charge is 0.406 e. The molecule has 2 aromatic heterocycles. The van der Waals surface area contributed by atoms with Gasteiger partial charge in [0, 0.05) is 5.69 Å². The van der Waals surface area contributed by atoms with Gasteiger partial charge in [0.25, 0.3) is 0 Å². The number of ether oxygens (including phenoxy) is 1. The van der Waals surface area contributed by atoms with E-state index in [-0.39, 0.29) is 11.7 Å². The Balaban J connectivity index is 1.63. The first-order chi connectivity index (χ1) is 12.3. The molecule has 1 atom stereocenters. The summed E-state index contributed by atoms with van der Waals surface area (Å²) in [6.07, 6.45) is -1.92. The van der Waals surface area contributed by atoms with Crippen LogP contribution in [0, 0.1) is 0 Å². The molecule has 7 nitrogen and oxygen atoms in total. The molecule has 0 unspecified atom stereocenters. The molecule has 1 aromatic carbocycles. The lowest BCUT2D eigenvalue weighted by Gasteiger charge is -2.13. The standard InChI is InChI=1S/C15H12F3N5O2S/c1-8(26-14-11-12(20-6-19-11)21-7-22-14)13(24)23-9-2-4-10(5-3-9)25-15(16,17)18/h2-8H,1H3,(H,23,24)(H,19,20,21,22)/t8-/m1/s1. The Labute approximate surface area is 149 Å². The number of anilines is 1. The number of alkyl halides is 3. The lowest BCUT2D eigenvalue weighted by molar-refractivity contribution is -0.274. The molecule has 0 fully saturated rings. The second kappa shape index (κ2) is 7.20. The number of nitrogens with zero attached hydrogens (tertiary/aromatic N) is 3. The number of carbonyl (C=O) groups excluding carboxylic acids is 1. The Morgan fingerprint density at radius 1 is 1.23 bits per heavy atom. The van der Waals surface area contributed by atoms with Gasteiger partial charge in [-0.3, -0.25) is 4.79 Å². The third-order valence-electron chi connectivity index (χ3n) is 3.20. The summed E-state index contributed by atoms with van der Waals surface area (Å²) in [5.74, 6) is -0.689. The highest BCUT2D eigenvalue weighted by molar-refractivity contribution is 8.00. The molecule has 2 N–H and O–H groups in total. The minimum absolute atomic E-state index is 0.328. The number of rotatable bonds is 5. The second-order valence-corrected chi connectivity index (χ2v) is 6.43. The van der Waals surface area contributed by atoms with E-state index in [1.165, 1.54) is 36.5 Å². The number of aromatic nitrogens is 4. The maximum absolute atomic E-state index is 12.3. The topological polar surface area (TPSA) is 92.8 Å². The van der Waals surface area contributed by atoms with Crippen molar-refractivity contribution in [1.29, 1.82) is 0 Å². The molecular weight excluding hydrogens is 371 g/mol. The molecule has 0 radical (unpaired) electrons. The van der Waals surface area contributed by atoms with Crippen molar-refractivity contribution in [3.8, 4) is 5.75 Å². The van der Waals surface area contributed by atoms with Crippen molar-refractivity contribution >= 4 is 34.5 Å². The summed E-state index contributed by atoms with van der Waals surface area (Å²) in [4.78, 5) is 27.4. The molecule has 0 aliphatic carbocycles. The van der Waals surface area contributed by atoms with Gasteiger partial charge in [0.2, 0.25) is 5.91 Å². The third-order valence-corrected chi connectivity index (χ3v) is 4.30. The van der Waals surface area contributed by atoms with Crippen molar-refractivity contribution in [2.75, 3.05) is 5.32 Å². The van der Waals surface area contributed by atoms with E-state index in [0.29, 0.717) is 21.9 Å². The van der Waals surface area contributed by atoms with E-state index in [0.717, 1.165) is 12.1 Å². The molecule has 11 heteroatoms. The summed E-state index contributed by atoms with van der Waals surface area (Å²) in [6.45, 7) is 1.69. The lowest BCUT2D eigenvalue weighted by Crippen LogP contribution is -2.22. The quantitative estimate of drug-likeness (QED) is 0.518. The Hall–Kier alpha value is -2.82. The van der Waals surface area contributed by atoms with Crippen molar-refractivity contribution in [1.82, 2.24) is 19.9 Å². The SMILES string of the molecule is C[C@@H](Sc1ncnc2nc[nH]c12)C(=O)Nc1ccc(OC(F)(F)F)cc1. The fourth-order valence-corrected chi connectivity index (χ4v) is 2.91. The number of fused-ring (bicyclic) bond motifs is 1. The average molecular weight is 383 g/mol. The number of halogens is 3. The second-order valence-electron chi connectivity index (χ2n) is 5.10. The summed E-state index contributed by atoms with van der Waals surface area (Å²) in [7, 11) is 0. The summed E-state index contributed by atoms with van der Waals surface area (Å²) >= 11 is 1.21. The predicted octanol–water partition coefficient (Wildman–Crippen LogP) is 3.37. The van der Waals surface area contributed by atoms with E-state index >= 15 is 0 Å². The lowest BCUT2D eigenvalue weighted by atomic mass is 10.3. The van der Waals surface area contributed by atoms with Gasteiger partial charge in [-0.1, -0.05) is 11.8 Å². The van der Waals surface area contributed by atoms with Gasteiger partial charge in [0.1, 0.15) is 22.6 Å². The Kier molecular flexibility index (Phi) is 4.98. The fraction of sp³-hybridized carbons (Fsp3) is 0.200. The van der Waals surface area contributed by atoms with E-state index in [1.54, 1.807) is 6.92 Å². The van der Waals surface area contributed by atoms with Crippen LogP contribution >= 0.6 is 11.8 Å². The maximum atomic E-state index is 12.3. The molecule has 0 spiro atoms. The van der Waals surface area contributed by atoms with E-state index in [4.69, 9.17) is 0 Å². The van der Waals surface area contributed by atoms with Gasteiger partial charge in [-0.05, 0) is 31.2 Å². The van der Waals surface area contributed by atoms with E-state index in [1.807, 2.05) is 0 Å². The largest absolute Gasteiger partial charge is 0.573 e. The molecule has 0 aliphatic rings. The highest BCUT2D eigenvalue weighted by Crippen LogP contribution is 2.27. The van der Waals surface area contributed by atoms with Crippen molar-refractivity contribution in [3.05, 3.63) is 36.9 Å². The molecule has 3 rings (SSSR count). The molecule has 26 heavy (non-hydrogen) atoms. The van der Waals surface area contributed by atoms with Crippen LogP contribution in [0.25, 0.3) is 11.2 Å². The normalized spacial score (nSPS) is 12.8. The van der Waals surface area contributed by atoms with Gasteiger partial charge < -0.3 is 15.0 Å². The Morgan fingerprint density at radius 3 is 2.65 bits per heavy atom. The van der Waals surface area contributed by atoms with Crippen LogP contribution in [0.15, 0.2) is 41.9 Å². The Morgan fingerprint density at radius 2 is 1.96 bits per heavy atom. The Bertz CT molecular complexity index is 914. The van der Waals surface area contributed by atoms with Crippen molar-refractivity contribution in [2.24, 2.45) is 0 Å². The van der Waals surface area contributed by atoms with Crippen LogP contribution < -0.4 is 10.1 Å². The van der Waals surface area contributed by atoms with Crippen molar-refractivity contribution in [2.45, 2.75) is 23.6 Å². The van der Waals surface area contributed by atoms with Gasteiger partial charge in [-0.25, -0.2) is 15.0 Å². The van der Waals surface area contributed by atoms with Crippen LogP contribution in [0.1, 0.15) is 6.92 Å². The maximum Gasteiger partial charge on any atom is 0.573 e. The zero-order valence-corrected chi connectivity index (χ0v) is 14.1. The number of hydrogen-bond donors (Lipinski definition) is 2. The molecule has 0 saturated carbocycles. The molecule has 2 heterocycles. The minimum atomic E-state index is -4.76. The van der Waals surface area contributed by atoms with Gasteiger partial charge in [0.05, 0.1) is 11.6 Å². The van der Waals surface area contributed by atoms with Gasteiger partial charge in [-0.15, -0.1) is 13.2 Å². The molecule has 1 amide bonds. The zero-order chi connectivity index (χ0) is 18.7. The van der Waals surface area contributed by atoms with E-state index in [9.17, 15) is 18.0 Å².